The molecule has 0 aliphatic rings. The zero-order valence-electron chi connectivity index (χ0n) is 12.2. The molecule has 0 heterocycles. The van der Waals surface area contributed by atoms with E-state index < -0.39 is 0 Å². The van der Waals surface area contributed by atoms with Gasteiger partial charge in [-0.25, -0.2) is 0 Å². The number of methoxy groups -OCH3 is 1. The maximum Gasteiger partial charge on any atom is 0.138 e. The van der Waals surface area contributed by atoms with E-state index in [0.717, 1.165) is 18.7 Å². The molecule has 0 spiro atoms. The Morgan fingerprint density at radius 2 is 1.95 bits per heavy atom. The van der Waals surface area contributed by atoms with Gasteiger partial charge in [0.1, 0.15) is 5.75 Å². The monoisotopic (exact) mass is 289 g/mol. The first-order chi connectivity index (χ1) is 9.65. The van der Waals surface area contributed by atoms with Crippen molar-refractivity contribution in [1.82, 2.24) is 5.32 Å². The van der Waals surface area contributed by atoms with E-state index in [9.17, 15) is 0 Å². The Hall–Kier alpha value is -1.51. The second-order valence-electron chi connectivity index (χ2n) is 4.78. The Bertz CT molecular complexity index is 596. The van der Waals surface area contributed by atoms with E-state index >= 15 is 0 Å². The minimum Gasteiger partial charge on any atom is -0.495 e. The van der Waals surface area contributed by atoms with Gasteiger partial charge in [0.05, 0.1) is 12.1 Å². The van der Waals surface area contributed by atoms with Crippen LogP contribution in [0.15, 0.2) is 36.4 Å². The van der Waals surface area contributed by atoms with Crippen LogP contribution in [-0.4, -0.2) is 13.7 Å². The summed E-state index contributed by atoms with van der Waals surface area (Å²) in [4.78, 5) is 0. The topological polar surface area (TPSA) is 21.3 Å². The van der Waals surface area contributed by atoms with Crippen molar-refractivity contribution in [3.63, 3.8) is 0 Å². The van der Waals surface area contributed by atoms with E-state index in [0.29, 0.717) is 10.8 Å². The molecule has 0 bridgehead atoms. The number of rotatable bonds is 5. The fourth-order valence-electron chi connectivity index (χ4n) is 2.26. The van der Waals surface area contributed by atoms with E-state index in [1.807, 2.05) is 18.2 Å². The van der Waals surface area contributed by atoms with Gasteiger partial charge < -0.3 is 10.1 Å². The van der Waals surface area contributed by atoms with E-state index in [1.54, 1.807) is 7.11 Å². The van der Waals surface area contributed by atoms with Gasteiger partial charge in [-0.3, -0.25) is 0 Å². The van der Waals surface area contributed by atoms with Crippen LogP contribution >= 0.6 is 11.6 Å². The Kier molecular flexibility index (Phi) is 5.05. The van der Waals surface area contributed by atoms with Gasteiger partial charge in [0.25, 0.3) is 0 Å². The van der Waals surface area contributed by atoms with Gasteiger partial charge >= 0.3 is 0 Å². The second kappa shape index (κ2) is 6.78. The molecule has 1 N–H and O–H groups in total. The Morgan fingerprint density at radius 3 is 2.60 bits per heavy atom. The quantitative estimate of drug-likeness (QED) is 0.879. The first-order valence-corrected chi connectivity index (χ1v) is 7.17. The fourth-order valence-corrected chi connectivity index (χ4v) is 2.45. The highest BCUT2D eigenvalue weighted by Crippen LogP contribution is 2.32. The highest BCUT2D eigenvalue weighted by atomic mass is 35.5. The highest BCUT2D eigenvalue weighted by Gasteiger charge is 2.07. The molecule has 0 saturated heterocycles. The molecule has 2 aromatic carbocycles. The van der Waals surface area contributed by atoms with Gasteiger partial charge in [0.15, 0.2) is 0 Å². The molecule has 2 aromatic rings. The Balaban J connectivity index is 2.33. The third-order valence-corrected chi connectivity index (χ3v) is 3.64. The van der Waals surface area contributed by atoms with Crippen LogP contribution in [0, 0.1) is 6.92 Å². The summed E-state index contributed by atoms with van der Waals surface area (Å²) < 4.78 is 5.28. The van der Waals surface area contributed by atoms with Gasteiger partial charge in [-0.1, -0.05) is 42.8 Å². The van der Waals surface area contributed by atoms with Crippen molar-refractivity contribution in [2.24, 2.45) is 0 Å². The number of aryl methyl sites for hydroxylation is 1. The summed E-state index contributed by atoms with van der Waals surface area (Å²) in [7, 11) is 1.64. The lowest BCUT2D eigenvalue weighted by molar-refractivity contribution is 0.415. The van der Waals surface area contributed by atoms with Crippen molar-refractivity contribution < 1.29 is 4.74 Å². The summed E-state index contributed by atoms with van der Waals surface area (Å²) in [6, 6.07) is 12.4. The predicted molar refractivity (Wildman–Crippen MR) is 85.6 cm³/mol. The lowest BCUT2D eigenvalue weighted by Crippen LogP contribution is -2.11. The number of halogens is 1. The molecule has 0 aromatic heterocycles. The SMILES string of the molecule is CCNCc1ccc(-c2ccc(Cl)c(OC)c2)c(C)c1. The van der Waals surface area contributed by atoms with E-state index in [4.69, 9.17) is 16.3 Å². The fraction of sp³-hybridized carbons (Fsp3) is 0.294. The number of benzene rings is 2. The van der Waals surface area contributed by atoms with Gasteiger partial charge in [-0.15, -0.1) is 0 Å². The lowest BCUT2D eigenvalue weighted by atomic mass is 9.98. The van der Waals surface area contributed by atoms with Gasteiger partial charge in [0.2, 0.25) is 0 Å². The standard InChI is InChI=1S/C17H20ClNO/c1-4-19-11-13-5-7-15(12(2)9-13)14-6-8-16(18)17(10-14)20-3/h5-10,19H,4,11H2,1-3H3. The maximum atomic E-state index is 6.07. The molecule has 0 unspecified atom stereocenters. The molecule has 2 rings (SSSR count). The number of nitrogens with one attached hydrogen (secondary N) is 1. The van der Waals surface area contributed by atoms with Gasteiger partial charge in [-0.05, 0) is 47.9 Å². The molecule has 106 valence electrons. The zero-order chi connectivity index (χ0) is 14.5. The summed E-state index contributed by atoms with van der Waals surface area (Å²) in [5.74, 6) is 0.709. The molecule has 2 nitrogen and oxygen atoms in total. The largest absolute Gasteiger partial charge is 0.495 e. The normalized spacial score (nSPS) is 10.6. The van der Waals surface area contributed by atoms with Crippen molar-refractivity contribution >= 4 is 11.6 Å². The van der Waals surface area contributed by atoms with E-state index in [-0.39, 0.29) is 0 Å². The van der Waals surface area contributed by atoms with Crippen LogP contribution in [0.3, 0.4) is 0 Å². The Labute approximate surface area is 125 Å². The summed E-state index contributed by atoms with van der Waals surface area (Å²) in [6.45, 7) is 6.13. The Morgan fingerprint density at radius 1 is 1.15 bits per heavy atom. The van der Waals surface area contributed by atoms with Crippen LogP contribution < -0.4 is 10.1 Å². The second-order valence-corrected chi connectivity index (χ2v) is 5.19. The molecular formula is C17H20ClNO. The lowest BCUT2D eigenvalue weighted by Gasteiger charge is -2.11. The van der Waals surface area contributed by atoms with Crippen molar-refractivity contribution in [3.8, 4) is 16.9 Å². The average Bonchev–Trinajstić information content (AvgIpc) is 2.46. The predicted octanol–water partition coefficient (Wildman–Crippen LogP) is 4.43. The molecule has 3 heteroatoms. The summed E-state index contributed by atoms with van der Waals surface area (Å²) in [5.41, 5.74) is 4.89. The van der Waals surface area contributed by atoms with Gasteiger partial charge in [-0.2, -0.15) is 0 Å². The molecular weight excluding hydrogens is 270 g/mol. The van der Waals surface area contributed by atoms with Crippen LogP contribution in [0.25, 0.3) is 11.1 Å². The molecule has 0 aliphatic carbocycles. The van der Waals surface area contributed by atoms with E-state index in [1.165, 1.54) is 16.7 Å². The first-order valence-electron chi connectivity index (χ1n) is 6.80. The van der Waals surface area contributed by atoms with Gasteiger partial charge in [0, 0.05) is 6.54 Å². The molecule has 0 saturated carbocycles. The smallest absolute Gasteiger partial charge is 0.138 e. The number of ether oxygens (including phenoxy) is 1. The van der Waals surface area contributed by atoms with Crippen LogP contribution in [0.5, 0.6) is 5.75 Å². The minimum absolute atomic E-state index is 0.637. The highest BCUT2D eigenvalue weighted by molar-refractivity contribution is 6.32. The van der Waals surface area contributed by atoms with Crippen LogP contribution in [0.1, 0.15) is 18.1 Å². The summed E-state index contributed by atoms with van der Waals surface area (Å²) in [5, 5.41) is 3.98. The zero-order valence-corrected chi connectivity index (χ0v) is 12.9. The third kappa shape index (κ3) is 3.33. The summed E-state index contributed by atoms with van der Waals surface area (Å²) in [6.07, 6.45) is 0. The van der Waals surface area contributed by atoms with Crippen molar-refractivity contribution in [2.75, 3.05) is 13.7 Å². The number of hydrogen-bond donors (Lipinski definition) is 1. The minimum atomic E-state index is 0.637. The maximum absolute atomic E-state index is 6.07. The molecule has 20 heavy (non-hydrogen) atoms. The molecule has 0 aliphatic heterocycles. The van der Waals surface area contributed by atoms with Crippen LogP contribution in [-0.2, 0) is 6.54 Å². The average molecular weight is 290 g/mol. The van der Waals surface area contributed by atoms with Crippen LogP contribution in [0.4, 0.5) is 0 Å². The molecule has 0 fully saturated rings. The van der Waals surface area contributed by atoms with Crippen molar-refractivity contribution in [2.45, 2.75) is 20.4 Å². The first kappa shape index (κ1) is 14.9. The molecule has 0 atom stereocenters. The third-order valence-electron chi connectivity index (χ3n) is 3.33. The number of hydrogen-bond acceptors (Lipinski definition) is 2. The molecule has 0 radical (unpaired) electrons. The van der Waals surface area contributed by atoms with Crippen molar-refractivity contribution in [3.05, 3.63) is 52.5 Å². The molecule has 0 amide bonds. The van der Waals surface area contributed by atoms with Crippen LogP contribution in [0.2, 0.25) is 5.02 Å². The summed E-state index contributed by atoms with van der Waals surface area (Å²) >= 11 is 6.07. The van der Waals surface area contributed by atoms with E-state index in [2.05, 4.69) is 37.4 Å². The van der Waals surface area contributed by atoms with Crippen molar-refractivity contribution in [1.29, 1.82) is 0 Å².